The van der Waals surface area contributed by atoms with Crippen molar-refractivity contribution in [2.45, 2.75) is 13.5 Å². The van der Waals surface area contributed by atoms with E-state index in [1.807, 2.05) is 67.7 Å². The van der Waals surface area contributed by atoms with Gasteiger partial charge in [0.2, 0.25) is 0 Å². The van der Waals surface area contributed by atoms with E-state index in [4.69, 9.17) is 23.2 Å². The van der Waals surface area contributed by atoms with E-state index in [2.05, 4.69) is 20.6 Å². The van der Waals surface area contributed by atoms with E-state index in [1.54, 1.807) is 12.1 Å². The number of hydrogen-bond donors (Lipinski definition) is 1. The molecule has 0 radical (unpaired) electrons. The van der Waals surface area contributed by atoms with E-state index in [0.29, 0.717) is 28.0 Å². The van der Waals surface area contributed by atoms with Crippen molar-refractivity contribution in [3.63, 3.8) is 0 Å². The standard InChI is InChI=1S/C26H18Cl2N4/c1-16-6-9-23-24(10-16)31-26(30-23)11-18(13-29)21-15-32(25-5-3-2-4-20(21)25)14-17-7-8-19(27)12-22(17)28/h2-12,15H,14H2,1H3,(H,30,31)/b18-11+. The third-order valence-electron chi connectivity index (χ3n) is 5.49. The quantitative estimate of drug-likeness (QED) is 0.289. The molecule has 6 heteroatoms. The molecule has 2 heterocycles. The number of nitriles is 1. The molecule has 3 aromatic carbocycles. The van der Waals surface area contributed by atoms with Crippen LogP contribution in [0.3, 0.4) is 0 Å². The molecule has 156 valence electrons. The third kappa shape index (κ3) is 3.78. The number of rotatable bonds is 4. The summed E-state index contributed by atoms with van der Waals surface area (Å²) >= 11 is 12.5. The smallest absolute Gasteiger partial charge is 0.132 e. The van der Waals surface area contributed by atoms with E-state index in [-0.39, 0.29) is 0 Å². The molecular formula is C26H18Cl2N4. The molecule has 5 rings (SSSR count). The van der Waals surface area contributed by atoms with Gasteiger partial charge >= 0.3 is 0 Å². The first-order chi connectivity index (χ1) is 15.5. The van der Waals surface area contributed by atoms with Crippen LogP contribution in [0.5, 0.6) is 0 Å². The van der Waals surface area contributed by atoms with Crippen LogP contribution in [0.1, 0.15) is 22.5 Å². The molecule has 5 aromatic rings. The molecule has 0 unspecified atom stereocenters. The van der Waals surface area contributed by atoms with Crippen molar-refractivity contribution < 1.29 is 0 Å². The first-order valence-corrected chi connectivity index (χ1v) is 10.9. The van der Waals surface area contributed by atoms with Crippen LogP contribution in [-0.2, 0) is 6.54 Å². The number of nitrogens with one attached hydrogen (secondary N) is 1. The highest BCUT2D eigenvalue weighted by atomic mass is 35.5. The molecule has 0 aliphatic rings. The van der Waals surface area contributed by atoms with Crippen molar-refractivity contribution in [2.75, 3.05) is 0 Å². The minimum atomic E-state index is 0.540. The Kier molecular flexibility index (Phi) is 5.22. The van der Waals surface area contributed by atoms with Gasteiger partial charge in [0.1, 0.15) is 5.82 Å². The number of aromatic amines is 1. The number of hydrogen-bond acceptors (Lipinski definition) is 2. The number of H-pyrrole nitrogens is 1. The Bertz CT molecular complexity index is 1550. The summed E-state index contributed by atoms with van der Waals surface area (Å²) in [5.41, 5.74) is 6.35. The fraction of sp³-hybridized carbons (Fsp3) is 0.0769. The second-order valence-electron chi connectivity index (χ2n) is 7.74. The molecule has 4 nitrogen and oxygen atoms in total. The topological polar surface area (TPSA) is 57.4 Å². The fourth-order valence-electron chi connectivity index (χ4n) is 3.94. The zero-order valence-electron chi connectivity index (χ0n) is 17.2. The van der Waals surface area contributed by atoms with Crippen molar-refractivity contribution in [1.29, 1.82) is 5.26 Å². The van der Waals surface area contributed by atoms with Gasteiger partial charge in [0.15, 0.2) is 0 Å². The number of halogens is 2. The average Bonchev–Trinajstić information content (AvgIpc) is 3.34. The molecular weight excluding hydrogens is 439 g/mol. The van der Waals surface area contributed by atoms with Gasteiger partial charge in [0, 0.05) is 39.3 Å². The van der Waals surface area contributed by atoms with Gasteiger partial charge < -0.3 is 9.55 Å². The van der Waals surface area contributed by atoms with Gasteiger partial charge in [0.25, 0.3) is 0 Å². The van der Waals surface area contributed by atoms with E-state index in [0.717, 1.165) is 38.6 Å². The van der Waals surface area contributed by atoms with Gasteiger partial charge in [-0.25, -0.2) is 4.98 Å². The molecule has 0 bridgehead atoms. The number of imidazole rings is 1. The first-order valence-electron chi connectivity index (χ1n) is 10.1. The number of nitrogens with zero attached hydrogens (tertiary/aromatic N) is 3. The summed E-state index contributed by atoms with van der Waals surface area (Å²) in [6.07, 6.45) is 3.80. The van der Waals surface area contributed by atoms with Crippen LogP contribution in [0.4, 0.5) is 0 Å². The summed E-state index contributed by atoms with van der Waals surface area (Å²) in [7, 11) is 0. The summed E-state index contributed by atoms with van der Waals surface area (Å²) in [6, 6.07) is 21.9. The maximum absolute atomic E-state index is 9.99. The maximum atomic E-state index is 9.99. The summed E-state index contributed by atoms with van der Waals surface area (Å²) in [5, 5.41) is 12.2. The molecule has 0 amide bonds. The minimum Gasteiger partial charge on any atom is -0.342 e. The zero-order valence-corrected chi connectivity index (χ0v) is 18.7. The van der Waals surface area contributed by atoms with Crippen LogP contribution in [0, 0.1) is 18.3 Å². The number of benzene rings is 3. The Labute approximate surface area is 195 Å². The van der Waals surface area contributed by atoms with Crippen molar-refractivity contribution in [3.05, 3.63) is 99.4 Å². The molecule has 0 atom stereocenters. The largest absolute Gasteiger partial charge is 0.342 e. The molecule has 0 aliphatic carbocycles. The Hall–Kier alpha value is -3.52. The lowest BCUT2D eigenvalue weighted by molar-refractivity contribution is 0.836. The van der Waals surface area contributed by atoms with Gasteiger partial charge in [-0.2, -0.15) is 5.26 Å². The normalized spacial score (nSPS) is 11.9. The fourth-order valence-corrected chi connectivity index (χ4v) is 4.41. The number of aryl methyl sites for hydroxylation is 1. The summed E-state index contributed by atoms with van der Waals surface area (Å²) in [4.78, 5) is 7.92. The highest BCUT2D eigenvalue weighted by Gasteiger charge is 2.14. The van der Waals surface area contributed by atoms with E-state index in [9.17, 15) is 5.26 Å². The van der Waals surface area contributed by atoms with Crippen molar-refractivity contribution in [3.8, 4) is 6.07 Å². The number of allylic oxidation sites excluding steroid dienone is 1. The van der Waals surface area contributed by atoms with Gasteiger partial charge in [-0.05, 0) is 54.5 Å². The Morgan fingerprint density at radius 3 is 2.78 bits per heavy atom. The van der Waals surface area contributed by atoms with Gasteiger partial charge in [-0.1, -0.05) is 53.5 Å². The first kappa shape index (κ1) is 20.4. The SMILES string of the molecule is Cc1ccc2nc(/C=C(\C#N)c3cn(Cc4ccc(Cl)cc4Cl)c4ccccc34)[nH]c2c1. The Morgan fingerprint density at radius 1 is 1.12 bits per heavy atom. The molecule has 0 saturated carbocycles. The average molecular weight is 457 g/mol. The minimum absolute atomic E-state index is 0.540. The third-order valence-corrected chi connectivity index (χ3v) is 6.08. The molecule has 0 spiro atoms. The van der Waals surface area contributed by atoms with Crippen LogP contribution in [0.15, 0.2) is 66.9 Å². The van der Waals surface area contributed by atoms with E-state index in [1.165, 1.54) is 0 Å². The maximum Gasteiger partial charge on any atom is 0.132 e. The molecule has 0 aliphatic heterocycles. The lowest BCUT2D eigenvalue weighted by atomic mass is 10.1. The molecule has 2 aromatic heterocycles. The highest BCUT2D eigenvalue weighted by molar-refractivity contribution is 6.35. The lowest BCUT2D eigenvalue weighted by Crippen LogP contribution is -1.98. The van der Waals surface area contributed by atoms with Crippen LogP contribution < -0.4 is 0 Å². The Balaban J connectivity index is 1.60. The number of fused-ring (bicyclic) bond motifs is 2. The van der Waals surface area contributed by atoms with Crippen molar-refractivity contribution >= 4 is 56.8 Å². The van der Waals surface area contributed by atoms with Crippen molar-refractivity contribution in [2.24, 2.45) is 0 Å². The molecule has 32 heavy (non-hydrogen) atoms. The molecule has 0 saturated heterocycles. The highest BCUT2D eigenvalue weighted by Crippen LogP contribution is 2.30. The van der Waals surface area contributed by atoms with Crippen LogP contribution in [-0.4, -0.2) is 14.5 Å². The predicted molar refractivity (Wildman–Crippen MR) is 132 cm³/mol. The van der Waals surface area contributed by atoms with E-state index < -0.39 is 0 Å². The Morgan fingerprint density at radius 2 is 1.97 bits per heavy atom. The van der Waals surface area contributed by atoms with Crippen molar-refractivity contribution in [1.82, 2.24) is 14.5 Å². The number of para-hydroxylation sites is 1. The second-order valence-corrected chi connectivity index (χ2v) is 8.58. The molecule has 1 N–H and O–H groups in total. The van der Waals surface area contributed by atoms with Gasteiger partial charge in [0.05, 0.1) is 22.7 Å². The van der Waals surface area contributed by atoms with Gasteiger partial charge in [-0.15, -0.1) is 0 Å². The summed E-state index contributed by atoms with van der Waals surface area (Å²) in [6.45, 7) is 2.61. The van der Waals surface area contributed by atoms with Crippen LogP contribution >= 0.6 is 23.2 Å². The summed E-state index contributed by atoms with van der Waals surface area (Å²) in [5.74, 6) is 0.653. The second kappa shape index (κ2) is 8.20. The van der Waals surface area contributed by atoms with E-state index >= 15 is 0 Å². The predicted octanol–water partition coefficient (Wildman–Crippen LogP) is 7.25. The number of aromatic nitrogens is 3. The van der Waals surface area contributed by atoms with Crippen LogP contribution in [0.2, 0.25) is 10.0 Å². The zero-order chi connectivity index (χ0) is 22.2. The lowest BCUT2D eigenvalue weighted by Gasteiger charge is -2.08. The molecule has 0 fully saturated rings. The van der Waals surface area contributed by atoms with Gasteiger partial charge in [-0.3, -0.25) is 0 Å². The van der Waals surface area contributed by atoms with Crippen LogP contribution in [0.25, 0.3) is 33.6 Å². The monoisotopic (exact) mass is 456 g/mol. The summed E-state index contributed by atoms with van der Waals surface area (Å²) < 4.78 is 2.10.